The number of nitrogens with zero attached hydrogens (tertiary/aromatic N) is 3. The second-order valence-electron chi connectivity index (χ2n) is 7.34. The summed E-state index contributed by atoms with van der Waals surface area (Å²) in [5, 5.41) is 7.01. The molecule has 0 aliphatic carbocycles. The van der Waals surface area contributed by atoms with Gasteiger partial charge in [0.15, 0.2) is 5.96 Å². The highest BCUT2D eigenvalue weighted by atomic mass is 16.5. The van der Waals surface area contributed by atoms with E-state index < -0.39 is 0 Å². The van der Waals surface area contributed by atoms with E-state index in [9.17, 15) is 0 Å². The average molecular weight is 406 g/mol. The zero-order valence-corrected chi connectivity index (χ0v) is 18.8. The molecule has 7 heteroatoms. The summed E-state index contributed by atoms with van der Waals surface area (Å²) in [5.74, 6) is 1.72. The lowest BCUT2D eigenvalue weighted by Gasteiger charge is -2.35. The fourth-order valence-electron chi connectivity index (χ4n) is 3.81. The fourth-order valence-corrected chi connectivity index (χ4v) is 3.81. The third kappa shape index (κ3) is 7.17. The minimum Gasteiger partial charge on any atom is -0.497 e. The molecule has 2 rings (SSSR count). The van der Waals surface area contributed by atoms with Crippen molar-refractivity contribution < 1.29 is 9.47 Å². The van der Waals surface area contributed by atoms with Crippen molar-refractivity contribution in [3.8, 4) is 5.75 Å². The second-order valence-corrected chi connectivity index (χ2v) is 7.34. The molecular formula is C22H39N5O2. The predicted octanol–water partition coefficient (Wildman–Crippen LogP) is 1.96. The van der Waals surface area contributed by atoms with Gasteiger partial charge in [-0.2, -0.15) is 0 Å². The zero-order chi connectivity index (χ0) is 21.1. The first-order valence-electron chi connectivity index (χ1n) is 10.8. The second kappa shape index (κ2) is 12.7. The van der Waals surface area contributed by atoms with Crippen molar-refractivity contribution in [3.05, 3.63) is 29.8 Å². The van der Waals surface area contributed by atoms with Crippen LogP contribution in [0.1, 0.15) is 32.4 Å². The summed E-state index contributed by atoms with van der Waals surface area (Å²) in [6.45, 7) is 13.8. The molecule has 29 heavy (non-hydrogen) atoms. The Balaban J connectivity index is 1.99. The van der Waals surface area contributed by atoms with Crippen molar-refractivity contribution in [3.63, 3.8) is 0 Å². The number of aliphatic imine (C=N–C) groups is 1. The van der Waals surface area contributed by atoms with Crippen LogP contribution >= 0.6 is 0 Å². The lowest BCUT2D eigenvalue weighted by atomic mass is 10.0. The van der Waals surface area contributed by atoms with Crippen LogP contribution in [0.15, 0.2) is 29.3 Å². The smallest absolute Gasteiger partial charge is 0.191 e. The molecule has 1 aromatic rings. The number of likely N-dealkylation sites (N-methyl/N-ethyl adjacent to an activating group) is 1. The van der Waals surface area contributed by atoms with Gasteiger partial charge in [-0.25, -0.2) is 0 Å². The molecule has 0 saturated carbocycles. The third-order valence-corrected chi connectivity index (χ3v) is 5.67. The Hall–Kier alpha value is -1.83. The van der Waals surface area contributed by atoms with E-state index in [0.717, 1.165) is 64.2 Å². The van der Waals surface area contributed by atoms with E-state index in [1.165, 1.54) is 5.56 Å². The summed E-state index contributed by atoms with van der Waals surface area (Å²) in [5.41, 5.74) is 1.27. The van der Waals surface area contributed by atoms with Crippen molar-refractivity contribution in [2.24, 2.45) is 4.99 Å². The third-order valence-electron chi connectivity index (χ3n) is 5.67. The van der Waals surface area contributed by atoms with E-state index in [4.69, 9.17) is 9.47 Å². The van der Waals surface area contributed by atoms with Gasteiger partial charge >= 0.3 is 0 Å². The van der Waals surface area contributed by atoms with Crippen molar-refractivity contribution in [1.29, 1.82) is 0 Å². The van der Waals surface area contributed by atoms with Gasteiger partial charge < -0.3 is 20.1 Å². The van der Waals surface area contributed by atoms with E-state index in [0.29, 0.717) is 6.04 Å². The van der Waals surface area contributed by atoms with Gasteiger partial charge in [-0.05, 0) is 37.7 Å². The van der Waals surface area contributed by atoms with E-state index in [1.54, 1.807) is 7.11 Å². The maximum absolute atomic E-state index is 5.55. The Morgan fingerprint density at radius 2 is 1.76 bits per heavy atom. The zero-order valence-electron chi connectivity index (χ0n) is 18.8. The molecule has 1 aliphatic rings. The lowest BCUT2D eigenvalue weighted by molar-refractivity contribution is 0.0170. The first-order chi connectivity index (χ1) is 14.1. The summed E-state index contributed by atoms with van der Waals surface area (Å²) in [4.78, 5) is 9.34. The topological polar surface area (TPSA) is 61.4 Å². The maximum atomic E-state index is 5.55. The van der Waals surface area contributed by atoms with E-state index in [-0.39, 0.29) is 6.04 Å². The Kier molecular flexibility index (Phi) is 10.2. The molecule has 0 radical (unpaired) electrons. The number of benzene rings is 1. The molecule has 0 bridgehead atoms. The van der Waals surface area contributed by atoms with E-state index in [2.05, 4.69) is 58.3 Å². The Labute approximate surface area is 176 Å². The van der Waals surface area contributed by atoms with Gasteiger partial charge in [0, 0.05) is 39.3 Å². The minimum atomic E-state index is 0.253. The predicted molar refractivity (Wildman–Crippen MR) is 120 cm³/mol. The molecule has 0 spiro atoms. The van der Waals surface area contributed by atoms with Crippen molar-refractivity contribution in [2.75, 3.05) is 66.6 Å². The molecule has 1 saturated heterocycles. The van der Waals surface area contributed by atoms with Crippen molar-refractivity contribution in [2.45, 2.75) is 32.9 Å². The van der Waals surface area contributed by atoms with Crippen LogP contribution in [0.25, 0.3) is 0 Å². The largest absolute Gasteiger partial charge is 0.497 e. The first kappa shape index (κ1) is 23.4. The Morgan fingerprint density at radius 3 is 2.31 bits per heavy atom. The Morgan fingerprint density at radius 1 is 1.14 bits per heavy atom. The van der Waals surface area contributed by atoms with Gasteiger partial charge in [0.25, 0.3) is 0 Å². The van der Waals surface area contributed by atoms with Crippen LogP contribution in [0.4, 0.5) is 0 Å². The molecule has 1 aliphatic heterocycles. The normalized spacial score (nSPS) is 17.8. The number of morpholine rings is 1. The van der Waals surface area contributed by atoms with Crippen LogP contribution in [0.3, 0.4) is 0 Å². The number of rotatable bonds is 10. The van der Waals surface area contributed by atoms with E-state index in [1.807, 2.05) is 19.2 Å². The number of nitrogens with one attached hydrogen (secondary N) is 2. The van der Waals surface area contributed by atoms with Gasteiger partial charge in [-0.1, -0.05) is 26.0 Å². The number of hydrogen-bond donors (Lipinski definition) is 2. The van der Waals surface area contributed by atoms with Gasteiger partial charge in [-0.15, -0.1) is 0 Å². The molecule has 164 valence electrons. The molecule has 2 unspecified atom stereocenters. The van der Waals surface area contributed by atoms with Crippen LogP contribution < -0.4 is 15.4 Å². The van der Waals surface area contributed by atoms with Crippen LogP contribution in [0.2, 0.25) is 0 Å². The molecule has 1 heterocycles. The number of methoxy groups -OCH3 is 1. The fraction of sp³-hybridized carbons (Fsp3) is 0.682. The molecule has 2 N–H and O–H groups in total. The first-order valence-corrected chi connectivity index (χ1v) is 10.8. The summed E-state index contributed by atoms with van der Waals surface area (Å²) >= 11 is 0. The monoisotopic (exact) mass is 405 g/mol. The van der Waals surface area contributed by atoms with Crippen LogP contribution in [-0.4, -0.2) is 88.4 Å². The molecular weight excluding hydrogens is 366 g/mol. The van der Waals surface area contributed by atoms with Crippen molar-refractivity contribution >= 4 is 5.96 Å². The number of guanidine groups is 1. The van der Waals surface area contributed by atoms with E-state index >= 15 is 0 Å². The van der Waals surface area contributed by atoms with Gasteiger partial charge in [0.05, 0.1) is 26.4 Å². The summed E-state index contributed by atoms with van der Waals surface area (Å²) in [7, 11) is 3.53. The average Bonchev–Trinajstić information content (AvgIpc) is 2.78. The summed E-state index contributed by atoms with van der Waals surface area (Å²) in [6, 6.07) is 9.07. The van der Waals surface area contributed by atoms with Crippen LogP contribution in [-0.2, 0) is 4.74 Å². The molecule has 0 amide bonds. The highest BCUT2D eigenvalue weighted by molar-refractivity contribution is 5.79. The van der Waals surface area contributed by atoms with Gasteiger partial charge in [0.1, 0.15) is 5.75 Å². The molecule has 1 fully saturated rings. The summed E-state index contributed by atoms with van der Waals surface area (Å²) < 4.78 is 10.9. The standard InChI is InChI=1S/C22H39N5O2/c1-6-26(7-2)18(3)16-24-22(23-4)25-17-21(27-12-14-29-15-13-27)19-8-10-20(28-5)11-9-19/h8-11,18,21H,6-7,12-17H2,1-5H3,(H2,23,24,25). The maximum Gasteiger partial charge on any atom is 0.191 e. The molecule has 0 aromatic heterocycles. The van der Waals surface area contributed by atoms with Crippen LogP contribution in [0.5, 0.6) is 5.75 Å². The lowest BCUT2D eigenvalue weighted by Crippen LogP contribution is -2.49. The molecule has 7 nitrogen and oxygen atoms in total. The quantitative estimate of drug-likeness (QED) is 0.458. The van der Waals surface area contributed by atoms with Gasteiger partial charge in [0.2, 0.25) is 0 Å². The highest BCUT2D eigenvalue weighted by Gasteiger charge is 2.23. The highest BCUT2D eigenvalue weighted by Crippen LogP contribution is 2.23. The summed E-state index contributed by atoms with van der Waals surface area (Å²) in [6.07, 6.45) is 0. The minimum absolute atomic E-state index is 0.253. The van der Waals surface area contributed by atoms with Gasteiger partial charge in [-0.3, -0.25) is 14.8 Å². The Bertz CT molecular complexity index is 598. The number of ether oxygens (including phenoxy) is 2. The number of hydrogen-bond acceptors (Lipinski definition) is 5. The SMILES string of the molecule is CCN(CC)C(C)CNC(=NC)NCC(c1ccc(OC)cc1)N1CCOCC1. The van der Waals surface area contributed by atoms with Crippen molar-refractivity contribution in [1.82, 2.24) is 20.4 Å². The molecule has 1 aromatic carbocycles. The molecule has 2 atom stereocenters. The van der Waals surface area contributed by atoms with Crippen LogP contribution in [0, 0.1) is 0 Å².